The average Bonchev–Trinajstić information content (AvgIpc) is 2.15. The first kappa shape index (κ1) is 10.0. The molecule has 1 aliphatic heterocycles. The van der Waals surface area contributed by atoms with Gasteiger partial charge in [-0.3, -0.25) is 0 Å². The van der Waals surface area contributed by atoms with Crippen molar-refractivity contribution in [2.75, 3.05) is 13.2 Å². The van der Waals surface area contributed by atoms with E-state index in [2.05, 4.69) is 6.92 Å². The van der Waals surface area contributed by atoms with Crippen LogP contribution in [0, 0.1) is 5.92 Å². The van der Waals surface area contributed by atoms with Crippen molar-refractivity contribution in [3.05, 3.63) is 0 Å². The van der Waals surface area contributed by atoms with Crippen LogP contribution in [0.2, 0.25) is 0 Å². The lowest BCUT2D eigenvalue weighted by Gasteiger charge is -2.29. The van der Waals surface area contributed by atoms with Crippen molar-refractivity contribution in [2.24, 2.45) is 11.7 Å². The van der Waals surface area contributed by atoms with Gasteiger partial charge in [-0.15, -0.1) is 0 Å². The van der Waals surface area contributed by atoms with Gasteiger partial charge in [0.25, 0.3) is 0 Å². The van der Waals surface area contributed by atoms with Crippen molar-refractivity contribution in [2.45, 2.75) is 45.1 Å². The summed E-state index contributed by atoms with van der Waals surface area (Å²) in [7, 11) is 0. The summed E-state index contributed by atoms with van der Waals surface area (Å²) >= 11 is 0. The van der Waals surface area contributed by atoms with E-state index in [1.54, 1.807) is 0 Å². The lowest BCUT2D eigenvalue weighted by molar-refractivity contribution is -0.0208. The van der Waals surface area contributed by atoms with Crippen molar-refractivity contribution in [3.8, 4) is 0 Å². The second kappa shape index (κ2) is 5.55. The Morgan fingerprint density at radius 2 is 2.33 bits per heavy atom. The zero-order chi connectivity index (χ0) is 8.81. The summed E-state index contributed by atoms with van der Waals surface area (Å²) in [6.45, 7) is 3.95. The molecule has 0 saturated carbocycles. The molecular formula is C10H21NO. The molecule has 2 atom stereocenters. The largest absolute Gasteiger partial charge is 0.378 e. The summed E-state index contributed by atoms with van der Waals surface area (Å²) in [6.07, 6.45) is 6.69. The highest BCUT2D eigenvalue weighted by Crippen LogP contribution is 2.22. The average molecular weight is 171 g/mol. The van der Waals surface area contributed by atoms with Crippen LogP contribution in [0.4, 0.5) is 0 Å². The molecule has 1 fully saturated rings. The Hall–Kier alpha value is -0.0800. The van der Waals surface area contributed by atoms with Crippen LogP contribution in [0.1, 0.15) is 39.0 Å². The first-order valence-electron chi connectivity index (χ1n) is 5.20. The second-order valence-electron chi connectivity index (χ2n) is 3.69. The van der Waals surface area contributed by atoms with E-state index >= 15 is 0 Å². The third-order valence-electron chi connectivity index (χ3n) is 2.70. The van der Waals surface area contributed by atoms with Crippen LogP contribution in [0.15, 0.2) is 0 Å². The van der Waals surface area contributed by atoms with Crippen LogP contribution in [0.25, 0.3) is 0 Å². The minimum atomic E-state index is 0.462. The minimum absolute atomic E-state index is 0.462. The number of nitrogens with two attached hydrogens (primary N) is 1. The van der Waals surface area contributed by atoms with Crippen LogP contribution in [-0.2, 0) is 4.74 Å². The fourth-order valence-corrected chi connectivity index (χ4v) is 1.96. The second-order valence-corrected chi connectivity index (χ2v) is 3.69. The summed E-state index contributed by atoms with van der Waals surface area (Å²) in [6, 6.07) is 0. The fourth-order valence-electron chi connectivity index (χ4n) is 1.96. The molecule has 0 aromatic rings. The smallest absolute Gasteiger partial charge is 0.0615 e. The first-order chi connectivity index (χ1) is 5.88. The molecule has 0 aliphatic carbocycles. The molecule has 12 heavy (non-hydrogen) atoms. The zero-order valence-corrected chi connectivity index (χ0v) is 8.09. The Morgan fingerprint density at radius 1 is 1.50 bits per heavy atom. The van der Waals surface area contributed by atoms with Gasteiger partial charge in [0.2, 0.25) is 0 Å². The van der Waals surface area contributed by atoms with Gasteiger partial charge in [-0.05, 0) is 38.1 Å². The molecule has 2 heteroatoms. The Kier molecular flexibility index (Phi) is 4.62. The fraction of sp³-hybridized carbons (Fsp3) is 1.00. The van der Waals surface area contributed by atoms with E-state index < -0.39 is 0 Å². The number of ether oxygens (including phenoxy) is 1. The molecule has 2 unspecified atom stereocenters. The van der Waals surface area contributed by atoms with E-state index in [9.17, 15) is 0 Å². The maximum Gasteiger partial charge on any atom is 0.0615 e. The summed E-state index contributed by atoms with van der Waals surface area (Å²) in [5, 5.41) is 0. The van der Waals surface area contributed by atoms with Gasteiger partial charge in [0.1, 0.15) is 0 Å². The molecule has 0 spiro atoms. The quantitative estimate of drug-likeness (QED) is 0.701. The van der Waals surface area contributed by atoms with Crippen molar-refractivity contribution >= 4 is 0 Å². The van der Waals surface area contributed by atoms with Gasteiger partial charge in [-0.1, -0.05) is 13.3 Å². The van der Waals surface area contributed by atoms with E-state index in [0.717, 1.165) is 13.2 Å². The molecule has 0 amide bonds. The first-order valence-corrected chi connectivity index (χ1v) is 5.20. The van der Waals surface area contributed by atoms with E-state index in [0.29, 0.717) is 12.0 Å². The molecule has 2 N–H and O–H groups in total. The monoisotopic (exact) mass is 171 g/mol. The van der Waals surface area contributed by atoms with Crippen LogP contribution in [0.3, 0.4) is 0 Å². The molecule has 2 nitrogen and oxygen atoms in total. The minimum Gasteiger partial charge on any atom is -0.378 e. The number of rotatable bonds is 4. The molecule has 0 aromatic carbocycles. The predicted molar refractivity (Wildman–Crippen MR) is 51.0 cm³/mol. The van der Waals surface area contributed by atoms with Gasteiger partial charge < -0.3 is 10.5 Å². The Balaban J connectivity index is 2.29. The molecule has 1 aliphatic rings. The molecule has 0 radical (unpaired) electrons. The molecule has 1 rings (SSSR count). The highest BCUT2D eigenvalue weighted by molar-refractivity contribution is 4.73. The maximum absolute atomic E-state index is 5.71. The van der Waals surface area contributed by atoms with Gasteiger partial charge in [-0.25, -0.2) is 0 Å². The zero-order valence-electron chi connectivity index (χ0n) is 8.09. The van der Waals surface area contributed by atoms with Gasteiger partial charge in [0, 0.05) is 6.61 Å². The highest BCUT2D eigenvalue weighted by atomic mass is 16.5. The van der Waals surface area contributed by atoms with Crippen molar-refractivity contribution in [1.29, 1.82) is 0 Å². The van der Waals surface area contributed by atoms with Gasteiger partial charge >= 0.3 is 0 Å². The summed E-state index contributed by atoms with van der Waals surface area (Å²) in [4.78, 5) is 0. The van der Waals surface area contributed by atoms with Crippen molar-refractivity contribution < 1.29 is 4.74 Å². The number of hydrogen-bond donors (Lipinski definition) is 1. The maximum atomic E-state index is 5.71. The topological polar surface area (TPSA) is 35.2 Å². The third kappa shape index (κ3) is 2.76. The summed E-state index contributed by atoms with van der Waals surface area (Å²) < 4.78 is 5.70. The van der Waals surface area contributed by atoms with E-state index in [-0.39, 0.29) is 0 Å². The summed E-state index contributed by atoms with van der Waals surface area (Å²) in [5.74, 6) is 0.607. The van der Waals surface area contributed by atoms with Gasteiger partial charge in [0.05, 0.1) is 6.10 Å². The Morgan fingerprint density at radius 3 is 2.83 bits per heavy atom. The van der Waals surface area contributed by atoms with E-state index in [1.165, 1.54) is 32.1 Å². The normalized spacial score (nSPS) is 27.0. The highest BCUT2D eigenvalue weighted by Gasteiger charge is 2.22. The molecule has 1 heterocycles. The standard InChI is InChI=1S/C10H21NO/c1-2-5-9(8-11)10-6-3-4-7-12-10/h9-10H,2-8,11H2,1H3. The Bertz CT molecular complexity index is 108. The van der Waals surface area contributed by atoms with Crippen LogP contribution in [-0.4, -0.2) is 19.3 Å². The van der Waals surface area contributed by atoms with Crippen molar-refractivity contribution in [3.63, 3.8) is 0 Å². The van der Waals surface area contributed by atoms with Gasteiger partial charge in [-0.2, -0.15) is 0 Å². The predicted octanol–water partition coefficient (Wildman–Crippen LogP) is 1.93. The summed E-state index contributed by atoms with van der Waals surface area (Å²) in [5.41, 5.74) is 5.71. The number of hydrogen-bond acceptors (Lipinski definition) is 2. The van der Waals surface area contributed by atoms with Crippen LogP contribution < -0.4 is 5.73 Å². The molecule has 1 saturated heterocycles. The molecule has 72 valence electrons. The van der Waals surface area contributed by atoms with E-state index in [1.807, 2.05) is 0 Å². The van der Waals surface area contributed by atoms with Crippen LogP contribution >= 0.6 is 0 Å². The van der Waals surface area contributed by atoms with Crippen LogP contribution in [0.5, 0.6) is 0 Å². The Labute approximate surface area is 75.5 Å². The molecule has 0 bridgehead atoms. The van der Waals surface area contributed by atoms with Gasteiger partial charge in [0.15, 0.2) is 0 Å². The molecule has 0 aromatic heterocycles. The third-order valence-corrected chi connectivity index (χ3v) is 2.70. The molecular weight excluding hydrogens is 150 g/mol. The van der Waals surface area contributed by atoms with Crippen molar-refractivity contribution in [1.82, 2.24) is 0 Å². The SMILES string of the molecule is CCCC(CN)C1CCCCO1. The lowest BCUT2D eigenvalue weighted by Crippen LogP contribution is -2.32. The lowest BCUT2D eigenvalue weighted by atomic mass is 9.92. The van der Waals surface area contributed by atoms with E-state index in [4.69, 9.17) is 10.5 Å².